The molecule has 7 heteroatoms. The SMILES string of the molecule is COC(=O)c1cn(Cc2ccccc2)c(-c2ccc([N+](=O)[O-])cc2)n1. The van der Waals surface area contributed by atoms with Crippen molar-refractivity contribution in [1.29, 1.82) is 0 Å². The van der Waals surface area contributed by atoms with Gasteiger partial charge in [0.05, 0.1) is 12.0 Å². The van der Waals surface area contributed by atoms with Crippen molar-refractivity contribution in [3.05, 3.63) is 82.2 Å². The van der Waals surface area contributed by atoms with Crippen LogP contribution in [-0.2, 0) is 11.3 Å². The second-order valence-electron chi connectivity index (χ2n) is 5.36. The molecule has 1 heterocycles. The van der Waals surface area contributed by atoms with Gasteiger partial charge in [-0.05, 0) is 17.7 Å². The Morgan fingerprint density at radius 1 is 1.16 bits per heavy atom. The minimum absolute atomic E-state index is 0.00175. The molecule has 25 heavy (non-hydrogen) atoms. The summed E-state index contributed by atoms with van der Waals surface area (Å²) < 4.78 is 6.56. The molecule has 0 amide bonds. The Hall–Kier alpha value is -3.48. The molecular weight excluding hydrogens is 322 g/mol. The standard InChI is InChI=1S/C18H15N3O4/c1-25-18(22)16-12-20(11-13-5-3-2-4-6-13)17(19-16)14-7-9-15(10-8-14)21(23)24/h2-10,12H,11H2,1H3. The second-order valence-corrected chi connectivity index (χ2v) is 5.36. The number of methoxy groups -OCH3 is 1. The molecule has 126 valence electrons. The summed E-state index contributed by atoms with van der Waals surface area (Å²) in [6.45, 7) is 0.511. The molecular formula is C18H15N3O4. The quantitative estimate of drug-likeness (QED) is 0.405. The van der Waals surface area contributed by atoms with E-state index in [0.717, 1.165) is 5.56 Å². The molecule has 0 aliphatic heterocycles. The van der Waals surface area contributed by atoms with Crippen molar-refractivity contribution in [2.45, 2.75) is 6.54 Å². The maximum Gasteiger partial charge on any atom is 0.358 e. The Balaban J connectivity index is 2.02. The van der Waals surface area contributed by atoms with Crippen molar-refractivity contribution in [1.82, 2.24) is 9.55 Å². The van der Waals surface area contributed by atoms with E-state index >= 15 is 0 Å². The monoisotopic (exact) mass is 337 g/mol. The number of carbonyl (C=O) groups excluding carboxylic acids is 1. The highest BCUT2D eigenvalue weighted by Gasteiger charge is 2.17. The Morgan fingerprint density at radius 3 is 2.44 bits per heavy atom. The summed E-state index contributed by atoms with van der Waals surface area (Å²) in [5, 5.41) is 10.8. The number of nitro benzene ring substituents is 1. The second kappa shape index (κ2) is 6.96. The fourth-order valence-electron chi connectivity index (χ4n) is 2.48. The number of benzene rings is 2. The zero-order chi connectivity index (χ0) is 17.8. The lowest BCUT2D eigenvalue weighted by Crippen LogP contribution is -2.01. The summed E-state index contributed by atoms with van der Waals surface area (Å²) in [7, 11) is 1.30. The van der Waals surface area contributed by atoms with E-state index in [2.05, 4.69) is 4.98 Å². The summed E-state index contributed by atoms with van der Waals surface area (Å²) in [6.07, 6.45) is 1.62. The molecule has 0 fully saturated rings. The summed E-state index contributed by atoms with van der Waals surface area (Å²) in [5.41, 5.74) is 1.90. The molecule has 3 rings (SSSR count). The first-order chi connectivity index (χ1) is 12.1. The smallest absolute Gasteiger partial charge is 0.358 e. The van der Waals surface area contributed by atoms with E-state index in [0.29, 0.717) is 17.9 Å². The van der Waals surface area contributed by atoms with Crippen LogP contribution in [0.3, 0.4) is 0 Å². The van der Waals surface area contributed by atoms with Crippen LogP contribution in [0.4, 0.5) is 5.69 Å². The summed E-state index contributed by atoms with van der Waals surface area (Å²) >= 11 is 0. The van der Waals surface area contributed by atoms with Gasteiger partial charge in [-0.15, -0.1) is 0 Å². The van der Waals surface area contributed by atoms with Gasteiger partial charge in [-0.25, -0.2) is 9.78 Å². The van der Waals surface area contributed by atoms with Crippen molar-refractivity contribution in [2.24, 2.45) is 0 Å². The van der Waals surface area contributed by atoms with Crippen molar-refractivity contribution in [3.8, 4) is 11.4 Å². The van der Waals surface area contributed by atoms with Crippen LogP contribution >= 0.6 is 0 Å². The van der Waals surface area contributed by atoms with Gasteiger partial charge in [0.1, 0.15) is 5.82 Å². The van der Waals surface area contributed by atoms with Gasteiger partial charge in [-0.2, -0.15) is 0 Å². The van der Waals surface area contributed by atoms with Crippen molar-refractivity contribution in [2.75, 3.05) is 7.11 Å². The van der Waals surface area contributed by atoms with E-state index in [9.17, 15) is 14.9 Å². The lowest BCUT2D eigenvalue weighted by atomic mass is 10.2. The number of nitrogens with zero attached hydrogens (tertiary/aromatic N) is 3. The molecule has 3 aromatic rings. The van der Waals surface area contributed by atoms with Crippen molar-refractivity contribution >= 4 is 11.7 Å². The van der Waals surface area contributed by atoms with Gasteiger partial charge in [0.15, 0.2) is 5.69 Å². The molecule has 0 unspecified atom stereocenters. The Morgan fingerprint density at radius 2 is 1.84 bits per heavy atom. The van der Waals surface area contributed by atoms with E-state index in [1.54, 1.807) is 18.3 Å². The number of esters is 1. The topological polar surface area (TPSA) is 87.3 Å². The van der Waals surface area contributed by atoms with Gasteiger partial charge in [-0.3, -0.25) is 10.1 Å². The molecule has 0 saturated heterocycles. The van der Waals surface area contributed by atoms with Crippen LogP contribution in [0, 0.1) is 10.1 Å². The van der Waals surface area contributed by atoms with E-state index in [1.807, 2.05) is 34.9 Å². The van der Waals surface area contributed by atoms with Crippen LogP contribution in [0.5, 0.6) is 0 Å². The van der Waals surface area contributed by atoms with Crippen LogP contribution in [0.25, 0.3) is 11.4 Å². The van der Waals surface area contributed by atoms with Crippen LogP contribution in [0.2, 0.25) is 0 Å². The first-order valence-corrected chi connectivity index (χ1v) is 7.52. The number of rotatable bonds is 5. The first-order valence-electron chi connectivity index (χ1n) is 7.52. The fourth-order valence-corrected chi connectivity index (χ4v) is 2.48. The highest BCUT2D eigenvalue weighted by molar-refractivity contribution is 5.87. The maximum atomic E-state index is 11.8. The van der Waals surface area contributed by atoms with E-state index in [-0.39, 0.29) is 11.4 Å². The average Bonchev–Trinajstić information content (AvgIpc) is 3.05. The molecule has 0 aliphatic rings. The molecule has 0 radical (unpaired) electrons. The molecule has 0 N–H and O–H groups in total. The van der Waals surface area contributed by atoms with Gasteiger partial charge < -0.3 is 9.30 Å². The average molecular weight is 337 g/mol. The predicted molar refractivity (Wildman–Crippen MR) is 91.2 cm³/mol. The molecule has 0 saturated carbocycles. The van der Waals surface area contributed by atoms with Crippen molar-refractivity contribution < 1.29 is 14.5 Å². The lowest BCUT2D eigenvalue weighted by molar-refractivity contribution is -0.384. The highest BCUT2D eigenvalue weighted by Crippen LogP contribution is 2.23. The highest BCUT2D eigenvalue weighted by atomic mass is 16.6. The minimum atomic E-state index is -0.532. The number of imidazole rings is 1. The van der Waals surface area contributed by atoms with Crippen LogP contribution in [0.15, 0.2) is 60.8 Å². The molecule has 7 nitrogen and oxygen atoms in total. The third kappa shape index (κ3) is 3.55. The largest absolute Gasteiger partial charge is 0.464 e. The Bertz CT molecular complexity index is 902. The number of hydrogen-bond donors (Lipinski definition) is 0. The lowest BCUT2D eigenvalue weighted by Gasteiger charge is -2.07. The van der Waals surface area contributed by atoms with Crippen LogP contribution < -0.4 is 0 Å². The van der Waals surface area contributed by atoms with Gasteiger partial charge in [0, 0.05) is 30.4 Å². The van der Waals surface area contributed by atoms with E-state index in [1.165, 1.54) is 19.2 Å². The number of aromatic nitrogens is 2. The molecule has 0 bridgehead atoms. The normalized spacial score (nSPS) is 10.4. The summed E-state index contributed by atoms with van der Waals surface area (Å²) in [4.78, 5) is 26.5. The number of hydrogen-bond acceptors (Lipinski definition) is 5. The zero-order valence-electron chi connectivity index (χ0n) is 13.5. The number of ether oxygens (including phenoxy) is 1. The first kappa shape index (κ1) is 16.4. The Labute approximate surface area is 143 Å². The Kier molecular flexibility index (Phi) is 4.56. The third-order valence-electron chi connectivity index (χ3n) is 3.70. The molecule has 0 spiro atoms. The van der Waals surface area contributed by atoms with Gasteiger partial charge in [0.25, 0.3) is 5.69 Å². The van der Waals surface area contributed by atoms with Gasteiger partial charge in [0.2, 0.25) is 0 Å². The number of non-ortho nitro benzene ring substituents is 1. The van der Waals surface area contributed by atoms with Gasteiger partial charge >= 0.3 is 5.97 Å². The maximum absolute atomic E-state index is 11.8. The van der Waals surface area contributed by atoms with Gasteiger partial charge in [-0.1, -0.05) is 30.3 Å². The number of carbonyl (C=O) groups is 1. The fraction of sp³-hybridized carbons (Fsp3) is 0.111. The molecule has 2 aromatic carbocycles. The van der Waals surface area contributed by atoms with E-state index in [4.69, 9.17) is 4.74 Å². The molecule has 0 aliphatic carbocycles. The summed E-state index contributed by atoms with van der Waals surface area (Å²) in [5.74, 6) is 0.00845. The minimum Gasteiger partial charge on any atom is -0.464 e. The third-order valence-corrected chi connectivity index (χ3v) is 3.70. The van der Waals surface area contributed by atoms with E-state index < -0.39 is 10.9 Å². The van der Waals surface area contributed by atoms with Crippen LogP contribution in [0.1, 0.15) is 16.1 Å². The summed E-state index contributed by atoms with van der Waals surface area (Å²) in [6, 6.07) is 15.8. The predicted octanol–water partition coefficient (Wildman–Crippen LogP) is 3.29. The molecule has 1 aromatic heterocycles. The zero-order valence-corrected chi connectivity index (χ0v) is 13.5. The van der Waals surface area contributed by atoms with Crippen LogP contribution in [-0.4, -0.2) is 27.6 Å². The number of nitro groups is 1. The van der Waals surface area contributed by atoms with Crippen molar-refractivity contribution in [3.63, 3.8) is 0 Å². The molecule has 0 atom stereocenters.